The molecule has 106 valence electrons. The van der Waals surface area contributed by atoms with E-state index in [4.69, 9.17) is 11.6 Å². The zero-order chi connectivity index (χ0) is 14.7. The third-order valence-corrected chi connectivity index (χ3v) is 4.57. The minimum absolute atomic E-state index is 0.289. The van der Waals surface area contributed by atoms with E-state index in [9.17, 15) is 9.50 Å². The maximum Gasteiger partial charge on any atom is 0.126 e. The second-order valence-electron chi connectivity index (χ2n) is 4.70. The van der Waals surface area contributed by atoms with Crippen molar-refractivity contribution in [2.45, 2.75) is 30.6 Å². The van der Waals surface area contributed by atoms with Crippen LogP contribution in [0.2, 0.25) is 5.02 Å². The first-order valence-corrected chi connectivity index (χ1v) is 7.69. The summed E-state index contributed by atoms with van der Waals surface area (Å²) in [5.41, 5.74) is 2.22. The molecule has 1 nitrogen and oxygen atoms in total. The summed E-state index contributed by atoms with van der Waals surface area (Å²) in [6.07, 6.45) is -0.696. The SMILES string of the molecule is Cc1cc(SCc2ccccc2Cl)c([C@@H](C)O)cc1F. The van der Waals surface area contributed by atoms with E-state index in [-0.39, 0.29) is 5.82 Å². The molecule has 4 heteroatoms. The number of hydrogen-bond donors (Lipinski definition) is 1. The average Bonchev–Trinajstić information content (AvgIpc) is 2.41. The van der Waals surface area contributed by atoms with E-state index in [0.29, 0.717) is 16.9 Å². The van der Waals surface area contributed by atoms with E-state index < -0.39 is 6.10 Å². The first-order chi connectivity index (χ1) is 9.49. The normalized spacial score (nSPS) is 12.4. The molecule has 0 saturated heterocycles. The summed E-state index contributed by atoms with van der Waals surface area (Å²) in [5.74, 6) is 0.396. The number of aliphatic hydroxyl groups excluding tert-OH is 1. The van der Waals surface area contributed by atoms with Crippen molar-refractivity contribution in [1.82, 2.24) is 0 Å². The minimum atomic E-state index is -0.696. The van der Waals surface area contributed by atoms with E-state index in [2.05, 4.69) is 0 Å². The lowest BCUT2D eigenvalue weighted by atomic mass is 10.1. The van der Waals surface area contributed by atoms with E-state index in [0.717, 1.165) is 15.5 Å². The van der Waals surface area contributed by atoms with Crippen LogP contribution in [0.5, 0.6) is 0 Å². The monoisotopic (exact) mass is 310 g/mol. The molecule has 20 heavy (non-hydrogen) atoms. The van der Waals surface area contributed by atoms with Gasteiger partial charge in [-0.15, -0.1) is 11.8 Å². The molecule has 0 fully saturated rings. The number of hydrogen-bond acceptors (Lipinski definition) is 2. The first kappa shape index (κ1) is 15.4. The van der Waals surface area contributed by atoms with Crippen LogP contribution in [0.3, 0.4) is 0 Å². The smallest absolute Gasteiger partial charge is 0.126 e. The molecule has 0 aliphatic heterocycles. The molecule has 0 aliphatic rings. The summed E-state index contributed by atoms with van der Waals surface area (Å²) in [7, 11) is 0. The number of halogens is 2. The van der Waals surface area contributed by atoms with Crippen LogP contribution in [0.4, 0.5) is 4.39 Å². The predicted molar refractivity (Wildman–Crippen MR) is 82.8 cm³/mol. The van der Waals surface area contributed by atoms with Crippen LogP contribution < -0.4 is 0 Å². The molecule has 1 atom stereocenters. The maximum atomic E-state index is 13.6. The highest BCUT2D eigenvalue weighted by atomic mass is 35.5. The van der Waals surface area contributed by atoms with Crippen molar-refractivity contribution in [3.63, 3.8) is 0 Å². The highest BCUT2D eigenvalue weighted by Crippen LogP contribution is 2.33. The molecule has 0 spiro atoms. The Bertz CT molecular complexity index is 613. The van der Waals surface area contributed by atoms with Gasteiger partial charge in [-0.25, -0.2) is 4.39 Å². The van der Waals surface area contributed by atoms with E-state index >= 15 is 0 Å². The highest BCUT2D eigenvalue weighted by molar-refractivity contribution is 7.98. The summed E-state index contributed by atoms with van der Waals surface area (Å²) >= 11 is 7.68. The molecule has 2 rings (SSSR count). The Balaban J connectivity index is 2.25. The molecule has 0 unspecified atom stereocenters. The summed E-state index contributed by atoms with van der Waals surface area (Å²) in [6, 6.07) is 10.8. The third-order valence-electron chi connectivity index (χ3n) is 3.08. The topological polar surface area (TPSA) is 20.2 Å². The van der Waals surface area contributed by atoms with Gasteiger partial charge in [0.15, 0.2) is 0 Å². The van der Waals surface area contributed by atoms with Gasteiger partial charge in [0, 0.05) is 15.7 Å². The Kier molecular flexibility index (Phi) is 5.08. The Morgan fingerprint density at radius 3 is 2.65 bits per heavy atom. The van der Waals surface area contributed by atoms with Crippen molar-refractivity contribution in [2.24, 2.45) is 0 Å². The van der Waals surface area contributed by atoms with Crippen LogP contribution in [-0.2, 0) is 5.75 Å². The zero-order valence-electron chi connectivity index (χ0n) is 11.4. The lowest BCUT2D eigenvalue weighted by Gasteiger charge is -2.14. The fourth-order valence-electron chi connectivity index (χ4n) is 1.89. The van der Waals surface area contributed by atoms with Crippen LogP contribution in [0.25, 0.3) is 0 Å². The average molecular weight is 311 g/mol. The summed E-state index contributed by atoms with van der Waals surface area (Å²) in [5, 5.41) is 10.5. The van der Waals surface area contributed by atoms with Crippen molar-refractivity contribution in [2.75, 3.05) is 0 Å². The second-order valence-corrected chi connectivity index (χ2v) is 6.12. The van der Waals surface area contributed by atoms with Gasteiger partial charge in [-0.1, -0.05) is 29.8 Å². The third kappa shape index (κ3) is 3.54. The Morgan fingerprint density at radius 1 is 1.30 bits per heavy atom. The molecule has 1 N–H and O–H groups in total. The van der Waals surface area contributed by atoms with Gasteiger partial charge < -0.3 is 5.11 Å². The molecule has 0 aromatic heterocycles. The first-order valence-electron chi connectivity index (χ1n) is 6.33. The summed E-state index contributed by atoms with van der Waals surface area (Å²) < 4.78 is 13.6. The number of rotatable bonds is 4. The van der Waals surface area contributed by atoms with Crippen LogP contribution in [0.1, 0.15) is 29.7 Å². The number of benzene rings is 2. The van der Waals surface area contributed by atoms with E-state index in [1.165, 1.54) is 6.07 Å². The van der Waals surface area contributed by atoms with Crippen molar-refractivity contribution >= 4 is 23.4 Å². The maximum absolute atomic E-state index is 13.6. The molecule has 0 radical (unpaired) electrons. The lowest BCUT2D eigenvalue weighted by molar-refractivity contribution is 0.196. The Labute approximate surface area is 127 Å². The van der Waals surface area contributed by atoms with Gasteiger partial charge in [0.2, 0.25) is 0 Å². The van der Waals surface area contributed by atoms with Gasteiger partial charge >= 0.3 is 0 Å². The molecule has 0 saturated carbocycles. The summed E-state index contributed by atoms with van der Waals surface area (Å²) in [6.45, 7) is 3.37. The van der Waals surface area contributed by atoms with Gasteiger partial charge in [-0.3, -0.25) is 0 Å². The van der Waals surface area contributed by atoms with Gasteiger partial charge in [0.25, 0.3) is 0 Å². The molecule has 0 bridgehead atoms. The minimum Gasteiger partial charge on any atom is -0.389 e. The van der Waals surface area contributed by atoms with E-state index in [1.54, 1.807) is 31.7 Å². The Morgan fingerprint density at radius 2 is 2.00 bits per heavy atom. The van der Waals surface area contributed by atoms with Crippen molar-refractivity contribution in [1.29, 1.82) is 0 Å². The fourth-order valence-corrected chi connectivity index (χ4v) is 3.39. The second kappa shape index (κ2) is 6.61. The van der Waals surface area contributed by atoms with Crippen LogP contribution in [0, 0.1) is 12.7 Å². The standard InChI is InChI=1S/C16H16ClFOS/c1-10-7-16(13(11(2)19)8-15(10)18)20-9-12-5-3-4-6-14(12)17/h3-8,11,19H,9H2,1-2H3/t11-/m1/s1. The molecule has 2 aromatic carbocycles. The van der Waals surface area contributed by atoms with E-state index in [1.807, 2.05) is 24.3 Å². The molecule has 0 aliphatic carbocycles. The van der Waals surface area contributed by atoms with Gasteiger partial charge in [-0.2, -0.15) is 0 Å². The van der Waals surface area contributed by atoms with Crippen molar-refractivity contribution in [3.05, 3.63) is 63.9 Å². The summed E-state index contributed by atoms with van der Waals surface area (Å²) in [4.78, 5) is 0.888. The fraction of sp³-hybridized carbons (Fsp3) is 0.250. The van der Waals surface area contributed by atoms with Crippen LogP contribution in [0.15, 0.2) is 41.3 Å². The molecular weight excluding hydrogens is 295 g/mol. The van der Waals surface area contributed by atoms with Crippen LogP contribution in [-0.4, -0.2) is 5.11 Å². The number of aryl methyl sites for hydroxylation is 1. The predicted octanol–water partition coefficient (Wildman–Crippen LogP) is 5.13. The molecule has 0 heterocycles. The Hall–Kier alpha value is -1.03. The van der Waals surface area contributed by atoms with Crippen molar-refractivity contribution in [3.8, 4) is 0 Å². The number of aliphatic hydroxyl groups is 1. The van der Waals surface area contributed by atoms with Crippen LogP contribution >= 0.6 is 23.4 Å². The number of thioether (sulfide) groups is 1. The highest BCUT2D eigenvalue weighted by Gasteiger charge is 2.13. The van der Waals surface area contributed by atoms with Gasteiger partial charge in [0.05, 0.1) is 6.10 Å². The van der Waals surface area contributed by atoms with Gasteiger partial charge in [-0.05, 0) is 48.7 Å². The molecular formula is C16H16ClFOS. The van der Waals surface area contributed by atoms with Crippen molar-refractivity contribution < 1.29 is 9.50 Å². The zero-order valence-corrected chi connectivity index (χ0v) is 12.9. The lowest BCUT2D eigenvalue weighted by Crippen LogP contribution is -1.98. The van der Waals surface area contributed by atoms with Gasteiger partial charge in [0.1, 0.15) is 5.82 Å². The quantitative estimate of drug-likeness (QED) is 0.790. The molecule has 0 amide bonds. The molecule has 2 aromatic rings. The largest absolute Gasteiger partial charge is 0.389 e.